The Labute approximate surface area is 124 Å². The molecule has 1 amide bonds. The maximum atomic E-state index is 11.7. The average molecular weight is 291 g/mol. The molecule has 5 nitrogen and oxygen atoms in total. The minimum absolute atomic E-state index is 0.0930. The van der Waals surface area contributed by atoms with Crippen LogP contribution in [0.15, 0.2) is 30.3 Å². The number of nitrogens with one attached hydrogen (secondary N) is 1. The summed E-state index contributed by atoms with van der Waals surface area (Å²) in [4.78, 5) is 23.0. The molecule has 2 N–H and O–H groups in total. The second kappa shape index (κ2) is 6.61. The van der Waals surface area contributed by atoms with E-state index in [1.54, 1.807) is 0 Å². The number of carbonyl (C=O) groups is 2. The summed E-state index contributed by atoms with van der Waals surface area (Å²) in [5, 5.41) is 11.7. The van der Waals surface area contributed by atoms with Crippen LogP contribution in [0.5, 0.6) is 0 Å². The third kappa shape index (κ3) is 4.48. The standard InChI is InChI=1S/C16H21NO4/c1-2-16(8-9-16)10-13(14(18)19)17-15(20)21-11-12-6-4-3-5-7-12/h3-7,13H,2,8-11H2,1H3,(H,17,20)(H,18,19)/t13-/m0/s1. The molecule has 21 heavy (non-hydrogen) atoms. The highest BCUT2D eigenvalue weighted by Gasteiger charge is 2.44. The van der Waals surface area contributed by atoms with E-state index in [-0.39, 0.29) is 12.0 Å². The highest BCUT2D eigenvalue weighted by Crippen LogP contribution is 2.52. The molecule has 0 aromatic heterocycles. The van der Waals surface area contributed by atoms with Crippen LogP contribution in [0.2, 0.25) is 0 Å². The lowest BCUT2D eigenvalue weighted by atomic mass is 9.94. The number of hydrogen-bond donors (Lipinski definition) is 2. The summed E-state index contributed by atoms with van der Waals surface area (Å²) in [6, 6.07) is 8.40. The van der Waals surface area contributed by atoms with Crippen molar-refractivity contribution < 1.29 is 19.4 Å². The van der Waals surface area contributed by atoms with Gasteiger partial charge in [0.1, 0.15) is 12.6 Å². The van der Waals surface area contributed by atoms with E-state index in [0.717, 1.165) is 24.8 Å². The zero-order valence-corrected chi connectivity index (χ0v) is 12.2. The zero-order valence-electron chi connectivity index (χ0n) is 12.2. The van der Waals surface area contributed by atoms with Crippen LogP contribution in [-0.2, 0) is 16.1 Å². The summed E-state index contributed by atoms with van der Waals surface area (Å²) < 4.78 is 5.06. The topological polar surface area (TPSA) is 75.6 Å². The van der Waals surface area contributed by atoms with Gasteiger partial charge >= 0.3 is 12.1 Å². The predicted molar refractivity (Wildman–Crippen MR) is 77.8 cm³/mol. The highest BCUT2D eigenvalue weighted by atomic mass is 16.5. The van der Waals surface area contributed by atoms with Crippen molar-refractivity contribution in [3.05, 3.63) is 35.9 Å². The SMILES string of the molecule is CCC1(C[C@H](NC(=O)OCc2ccccc2)C(=O)O)CC1. The second-order valence-corrected chi connectivity index (χ2v) is 5.65. The van der Waals surface area contributed by atoms with Gasteiger partial charge in [-0.2, -0.15) is 0 Å². The second-order valence-electron chi connectivity index (χ2n) is 5.65. The Morgan fingerprint density at radius 3 is 2.52 bits per heavy atom. The molecule has 0 unspecified atom stereocenters. The molecule has 1 fully saturated rings. The fourth-order valence-electron chi connectivity index (χ4n) is 2.42. The van der Waals surface area contributed by atoms with Crippen molar-refractivity contribution in [3.63, 3.8) is 0 Å². The fraction of sp³-hybridized carbons (Fsp3) is 0.500. The van der Waals surface area contributed by atoms with Crippen LogP contribution in [0.25, 0.3) is 0 Å². The minimum Gasteiger partial charge on any atom is -0.480 e. The normalized spacial score (nSPS) is 16.8. The number of hydrogen-bond acceptors (Lipinski definition) is 3. The van der Waals surface area contributed by atoms with Crippen molar-refractivity contribution in [2.75, 3.05) is 0 Å². The van der Waals surface area contributed by atoms with Gasteiger partial charge in [-0.1, -0.05) is 43.7 Å². The number of aliphatic carboxylic acids is 1. The van der Waals surface area contributed by atoms with Crippen LogP contribution in [0, 0.1) is 5.41 Å². The first-order valence-corrected chi connectivity index (χ1v) is 7.25. The Balaban J connectivity index is 1.82. The average Bonchev–Trinajstić information content (AvgIpc) is 3.26. The fourth-order valence-corrected chi connectivity index (χ4v) is 2.42. The van der Waals surface area contributed by atoms with Crippen molar-refractivity contribution in [2.45, 2.75) is 45.3 Å². The molecule has 0 aliphatic heterocycles. The van der Waals surface area contributed by atoms with E-state index in [9.17, 15) is 14.7 Å². The van der Waals surface area contributed by atoms with Gasteiger partial charge in [-0.15, -0.1) is 0 Å². The van der Waals surface area contributed by atoms with E-state index in [4.69, 9.17) is 4.74 Å². The predicted octanol–water partition coefficient (Wildman–Crippen LogP) is 2.95. The van der Waals surface area contributed by atoms with Gasteiger partial charge in [0, 0.05) is 0 Å². The summed E-state index contributed by atoms with van der Waals surface area (Å²) in [6.07, 6.45) is 2.80. The third-order valence-electron chi connectivity index (χ3n) is 4.15. The molecule has 2 rings (SSSR count). The van der Waals surface area contributed by atoms with Crippen molar-refractivity contribution >= 4 is 12.1 Å². The van der Waals surface area contributed by atoms with Gasteiger partial charge in [0.15, 0.2) is 0 Å². The Kier molecular flexibility index (Phi) is 4.83. The molecular formula is C16H21NO4. The van der Waals surface area contributed by atoms with Crippen LogP contribution in [0.4, 0.5) is 4.79 Å². The van der Waals surface area contributed by atoms with E-state index in [1.165, 1.54) is 0 Å². The lowest BCUT2D eigenvalue weighted by Gasteiger charge is -2.19. The van der Waals surface area contributed by atoms with Crippen LogP contribution in [0.3, 0.4) is 0 Å². The van der Waals surface area contributed by atoms with Crippen LogP contribution in [0.1, 0.15) is 38.2 Å². The third-order valence-corrected chi connectivity index (χ3v) is 4.15. The molecule has 0 bridgehead atoms. The van der Waals surface area contributed by atoms with Crippen LogP contribution in [-0.4, -0.2) is 23.2 Å². The van der Waals surface area contributed by atoms with E-state index in [0.29, 0.717) is 6.42 Å². The van der Waals surface area contributed by atoms with E-state index >= 15 is 0 Å². The Morgan fingerprint density at radius 1 is 1.33 bits per heavy atom. The summed E-state index contributed by atoms with van der Waals surface area (Å²) in [6.45, 7) is 2.19. The van der Waals surface area contributed by atoms with Crippen molar-refractivity contribution in [1.29, 1.82) is 0 Å². The number of carboxylic acid groups (broad SMARTS) is 1. The Morgan fingerprint density at radius 2 is 2.00 bits per heavy atom. The number of rotatable bonds is 7. The molecule has 0 saturated heterocycles. The van der Waals surface area contributed by atoms with Crippen molar-refractivity contribution in [2.24, 2.45) is 5.41 Å². The largest absolute Gasteiger partial charge is 0.480 e. The van der Waals surface area contributed by atoms with E-state index < -0.39 is 18.1 Å². The van der Waals surface area contributed by atoms with Gasteiger partial charge in [0.2, 0.25) is 0 Å². The number of amides is 1. The quantitative estimate of drug-likeness (QED) is 0.810. The van der Waals surface area contributed by atoms with Crippen LogP contribution >= 0.6 is 0 Å². The lowest BCUT2D eigenvalue weighted by molar-refractivity contribution is -0.140. The molecule has 0 radical (unpaired) electrons. The minimum atomic E-state index is -1.01. The highest BCUT2D eigenvalue weighted by molar-refractivity contribution is 5.80. The molecule has 1 aliphatic carbocycles. The van der Waals surface area contributed by atoms with Crippen molar-refractivity contribution in [1.82, 2.24) is 5.32 Å². The molecule has 114 valence electrons. The van der Waals surface area contributed by atoms with Crippen LogP contribution < -0.4 is 5.32 Å². The van der Waals surface area contributed by atoms with Gasteiger partial charge in [0.25, 0.3) is 0 Å². The molecule has 1 aromatic carbocycles. The van der Waals surface area contributed by atoms with Gasteiger partial charge in [-0.3, -0.25) is 0 Å². The summed E-state index contributed by atoms with van der Waals surface area (Å²) in [7, 11) is 0. The molecule has 0 spiro atoms. The smallest absolute Gasteiger partial charge is 0.408 e. The maximum absolute atomic E-state index is 11.7. The maximum Gasteiger partial charge on any atom is 0.408 e. The molecular weight excluding hydrogens is 270 g/mol. The van der Waals surface area contributed by atoms with Gasteiger partial charge in [-0.25, -0.2) is 9.59 Å². The van der Waals surface area contributed by atoms with Gasteiger partial charge < -0.3 is 15.2 Å². The summed E-state index contributed by atoms with van der Waals surface area (Å²) >= 11 is 0. The molecule has 1 atom stereocenters. The molecule has 1 aliphatic rings. The Bertz CT molecular complexity index is 496. The summed E-state index contributed by atoms with van der Waals surface area (Å²) in [5.74, 6) is -1.01. The zero-order chi connectivity index (χ0) is 15.3. The number of alkyl carbamates (subject to hydrolysis) is 1. The molecule has 0 heterocycles. The first kappa shape index (κ1) is 15.4. The van der Waals surface area contributed by atoms with Crippen molar-refractivity contribution in [3.8, 4) is 0 Å². The van der Waals surface area contributed by atoms with Gasteiger partial charge in [-0.05, 0) is 30.2 Å². The number of benzene rings is 1. The van der Waals surface area contributed by atoms with Gasteiger partial charge in [0.05, 0.1) is 0 Å². The first-order valence-electron chi connectivity index (χ1n) is 7.25. The lowest BCUT2D eigenvalue weighted by Crippen LogP contribution is -2.42. The number of carboxylic acids is 1. The molecule has 1 aromatic rings. The number of carbonyl (C=O) groups excluding carboxylic acids is 1. The monoisotopic (exact) mass is 291 g/mol. The van der Waals surface area contributed by atoms with E-state index in [1.807, 2.05) is 30.3 Å². The number of ether oxygens (including phenoxy) is 1. The van der Waals surface area contributed by atoms with E-state index in [2.05, 4.69) is 12.2 Å². The Hall–Kier alpha value is -2.04. The summed E-state index contributed by atoms with van der Waals surface area (Å²) in [5.41, 5.74) is 0.960. The molecule has 1 saturated carbocycles. The molecule has 5 heteroatoms. The first-order chi connectivity index (χ1) is 10.0.